The van der Waals surface area contributed by atoms with Gasteiger partial charge in [0.25, 0.3) is 0 Å². The molecule has 4 aromatic carbocycles. The highest BCUT2D eigenvalue weighted by molar-refractivity contribution is 5.97. The van der Waals surface area contributed by atoms with Crippen molar-refractivity contribution in [3.8, 4) is 11.1 Å². The third-order valence-electron chi connectivity index (χ3n) is 5.91. The number of benzene rings is 4. The number of hydrogen-bond donors (Lipinski definition) is 0. The van der Waals surface area contributed by atoms with Gasteiger partial charge in [0.05, 0.1) is 0 Å². The Hall–Kier alpha value is -3.38. The lowest BCUT2D eigenvalue weighted by molar-refractivity contribution is 0.662. The smallest absolute Gasteiger partial charge is 0.0159 e. The normalized spacial score (nSPS) is 12.9. The van der Waals surface area contributed by atoms with Gasteiger partial charge in [-0.1, -0.05) is 99.8 Å². The lowest BCUT2D eigenvalue weighted by Crippen LogP contribution is -2.14. The van der Waals surface area contributed by atoms with E-state index in [2.05, 4.69) is 99.8 Å². The molecule has 5 rings (SSSR count). The lowest BCUT2D eigenvalue weighted by Gasteiger charge is -2.22. The van der Waals surface area contributed by atoms with E-state index in [4.69, 9.17) is 0 Å². The molecule has 1 aliphatic carbocycles. The van der Waals surface area contributed by atoms with Gasteiger partial charge < -0.3 is 0 Å². The van der Waals surface area contributed by atoms with Crippen molar-refractivity contribution >= 4 is 21.5 Å². The summed E-state index contributed by atoms with van der Waals surface area (Å²) >= 11 is 0. The van der Waals surface area contributed by atoms with Gasteiger partial charge in [-0.2, -0.15) is 0 Å². The van der Waals surface area contributed by atoms with Gasteiger partial charge in [-0.05, 0) is 81.9 Å². The van der Waals surface area contributed by atoms with Crippen LogP contribution in [0.1, 0.15) is 38.8 Å². The van der Waals surface area contributed by atoms with Gasteiger partial charge in [-0.15, -0.1) is 0 Å². The molecule has 1 aliphatic rings. The Bertz CT molecular complexity index is 1150. The van der Waals surface area contributed by atoms with Crippen molar-refractivity contribution in [2.24, 2.45) is 0 Å². The van der Waals surface area contributed by atoms with Crippen molar-refractivity contribution < 1.29 is 0 Å². The Morgan fingerprint density at radius 1 is 0.581 bits per heavy atom. The number of rotatable bonds is 1. The molecule has 31 heavy (non-hydrogen) atoms. The topological polar surface area (TPSA) is 0 Å². The minimum Gasteiger partial charge on any atom is -0.0991 e. The summed E-state index contributed by atoms with van der Waals surface area (Å²) in [6.45, 7) is 15.4. The fourth-order valence-electron chi connectivity index (χ4n) is 4.11. The van der Waals surface area contributed by atoms with Gasteiger partial charge in [0.2, 0.25) is 0 Å². The van der Waals surface area contributed by atoms with E-state index in [1.807, 2.05) is 26.0 Å². The van der Waals surface area contributed by atoms with E-state index in [0.717, 1.165) is 0 Å². The minimum atomic E-state index is 0.0543. The maximum Gasteiger partial charge on any atom is 0.0159 e. The van der Waals surface area contributed by atoms with Crippen LogP contribution in [0.15, 0.2) is 110 Å². The predicted molar refractivity (Wildman–Crippen MR) is 140 cm³/mol. The standard InChI is InChI=1S/C23H18.C4H8.C4H6/c1-23(2)21-13-17-9-5-3-7-15(17)11-19(21)20-12-16-8-4-6-10-18(16)14-22(20)23;2*1-3-4-2/h3-14H,1-2H3;3-4H,1-2H3;3-4H,1-2H2/b;4-3-;. The first-order chi connectivity index (χ1) is 15.0. The molecule has 0 spiro atoms. The maximum absolute atomic E-state index is 3.36. The fraction of sp³-hybridized carbons (Fsp3) is 0.161. The number of allylic oxidation sites excluding steroid dienone is 4. The van der Waals surface area contributed by atoms with Crippen LogP contribution < -0.4 is 0 Å². The molecule has 0 heteroatoms. The Morgan fingerprint density at radius 3 is 1.19 bits per heavy atom. The summed E-state index contributed by atoms with van der Waals surface area (Å²) < 4.78 is 0. The largest absolute Gasteiger partial charge is 0.0991 e. The van der Waals surface area contributed by atoms with E-state index in [1.54, 1.807) is 12.2 Å². The summed E-state index contributed by atoms with van der Waals surface area (Å²) in [4.78, 5) is 0. The molecular weight excluding hydrogens is 372 g/mol. The van der Waals surface area contributed by atoms with Crippen molar-refractivity contribution in [1.82, 2.24) is 0 Å². The summed E-state index contributed by atoms with van der Waals surface area (Å²) in [7, 11) is 0. The first-order valence-electron chi connectivity index (χ1n) is 10.9. The summed E-state index contributed by atoms with van der Waals surface area (Å²) in [6, 6.07) is 26.8. The first-order valence-corrected chi connectivity index (χ1v) is 10.9. The Labute approximate surface area is 187 Å². The van der Waals surface area contributed by atoms with E-state index in [-0.39, 0.29) is 5.41 Å². The molecule has 0 N–H and O–H groups in total. The highest BCUT2D eigenvalue weighted by atomic mass is 14.4. The third-order valence-corrected chi connectivity index (χ3v) is 5.91. The minimum absolute atomic E-state index is 0.0543. The predicted octanol–water partition coefficient (Wildman–Crippen LogP) is 9.24. The van der Waals surface area contributed by atoms with Crippen molar-refractivity contribution in [3.63, 3.8) is 0 Å². The lowest BCUT2D eigenvalue weighted by atomic mass is 9.81. The molecule has 0 radical (unpaired) electrons. The van der Waals surface area contributed by atoms with Crippen molar-refractivity contribution in [2.45, 2.75) is 33.1 Å². The fourth-order valence-corrected chi connectivity index (χ4v) is 4.11. The molecule has 0 heterocycles. The highest BCUT2D eigenvalue weighted by Gasteiger charge is 2.35. The molecule has 0 bridgehead atoms. The van der Waals surface area contributed by atoms with Crippen molar-refractivity contribution in [3.05, 3.63) is 121 Å². The maximum atomic E-state index is 3.36. The zero-order chi connectivity index (χ0) is 22.4. The molecule has 0 aliphatic heterocycles. The Kier molecular flexibility index (Phi) is 6.92. The van der Waals surface area contributed by atoms with Gasteiger partial charge in [-0.25, -0.2) is 0 Å². The Balaban J connectivity index is 0.000000297. The van der Waals surface area contributed by atoms with Crippen LogP contribution in [0.5, 0.6) is 0 Å². The number of hydrogen-bond acceptors (Lipinski definition) is 0. The quantitative estimate of drug-likeness (QED) is 0.219. The van der Waals surface area contributed by atoms with E-state index < -0.39 is 0 Å². The van der Waals surface area contributed by atoms with Crippen LogP contribution in [-0.4, -0.2) is 0 Å². The molecule has 0 fully saturated rings. The van der Waals surface area contributed by atoms with Crippen LogP contribution in [0, 0.1) is 0 Å². The third kappa shape index (κ3) is 4.39. The van der Waals surface area contributed by atoms with Gasteiger partial charge in [-0.3, -0.25) is 0 Å². The average Bonchev–Trinajstić information content (AvgIpc) is 3.02. The van der Waals surface area contributed by atoms with Gasteiger partial charge >= 0.3 is 0 Å². The molecule has 0 saturated carbocycles. The zero-order valence-corrected chi connectivity index (χ0v) is 19.2. The highest BCUT2D eigenvalue weighted by Crippen LogP contribution is 2.50. The molecule has 0 unspecified atom stereocenters. The van der Waals surface area contributed by atoms with Gasteiger partial charge in [0, 0.05) is 5.41 Å². The average molecular weight is 405 g/mol. The molecule has 0 amide bonds. The second-order valence-electron chi connectivity index (χ2n) is 8.25. The SMILES string of the molecule is C/C=C\C.C=CC=C.CC1(C)c2cc3ccccc3cc2-c2cc3ccccc3cc21. The van der Waals surface area contributed by atoms with Crippen LogP contribution in [0.25, 0.3) is 32.7 Å². The molecule has 0 nitrogen and oxygen atoms in total. The Morgan fingerprint density at radius 2 is 0.903 bits per heavy atom. The molecule has 0 atom stereocenters. The van der Waals surface area contributed by atoms with E-state index in [0.29, 0.717) is 0 Å². The first kappa shape index (κ1) is 22.3. The second kappa shape index (κ2) is 9.62. The van der Waals surface area contributed by atoms with Crippen LogP contribution in [0.2, 0.25) is 0 Å². The summed E-state index contributed by atoms with van der Waals surface area (Å²) in [5, 5.41) is 5.31. The van der Waals surface area contributed by atoms with Crippen molar-refractivity contribution in [2.75, 3.05) is 0 Å². The second-order valence-corrected chi connectivity index (χ2v) is 8.25. The van der Waals surface area contributed by atoms with Gasteiger partial charge in [0.15, 0.2) is 0 Å². The van der Waals surface area contributed by atoms with Crippen molar-refractivity contribution in [1.29, 1.82) is 0 Å². The summed E-state index contributed by atoms with van der Waals surface area (Å²) in [5.74, 6) is 0. The van der Waals surface area contributed by atoms with E-state index in [9.17, 15) is 0 Å². The van der Waals surface area contributed by atoms with Crippen LogP contribution in [0.4, 0.5) is 0 Å². The van der Waals surface area contributed by atoms with E-state index in [1.165, 1.54) is 43.8 Å². The molecule has 0 aromatic heterocycles. The number of fused-ring (bicyclic) bond motifs is 5. The molecule has 4 aromatic rings. The summed E-state index contributed by atoms with van der Waals surface area (Å²) in [5.41, 5.74) is 5.74. The zero-order valence-electron chi connectivity index (χ0n) is 19.2. The van der Waals surface area contributed by atoms with Crippen LogP contribution in [0.3, 0.4) is 0 Å². The molecular formula is C31H32. The van der Waals surface area contributed by atoms with Crippen LogP contribution in [-0.2, 0) is 5.41 Å². The molecule has 156 valence electrons. The monoisotopic (exact) mass is 404 g/mol. The van der Waals surface area contributed by atoms with Crippen LogP contribution >= 0.6 is 0 Å². The summed E-state index contributed by atoms with van der Waals surface area (Å²) in [6.07, 6.45) is 7.28. The van der Waals surface area contributed by atoms with Gasteiger partial charge in [0.1, 0.15) is 0 Å². The molecule has 0 saturated heterocycles. The van der Waals surface area contributed by atoms with E-state index >= 15 is 0 Å².